The van der Waals surface area contributed by atoms with Crippen LogP contribution >= 0.6 is 11.6 Å². The highest BCUT2D eigenvalue weighted by atomic mass is 35.5. The summed E-state index contributed by atoms with van der Waals surface area (Å²) in [4.78, 5) is 27.5. The molecule has 0 bridgehead atoms. The number of pyridine rings is 1. The maximum absolute atomic E-state index is 13.6. The molecule has 1 amide bonds. The number of carbonyl (C=O) groups is 1. The van der Waals surface area contributed by atoms with Crippen LogP contribution in [0.4, 0.5) is 5.69 Å². The number of benzene rings is 1. The molecule has 178 valence electrons. The summed E-state index contributed by atoms with van der Waals surface area (Å²) in [6, 6.07) is 9.19. The van der Waals surface area contributed by atoms with Gasteiger partial charge >= 0.3 is 0 Å². The lowest BCUT2D eigenvalue weighted by molar-refractivity contribution is -0.123. The van der Waals surface area contributed by atoms with Crippen LogP contribution in [0.15, 0.2) is 30.6 Å². The van der Waals surface area contributed by atoms with Crippen molar-refractivity contribution in [3.63, 3.8) is 0 Å². The highest BCUT2D eigenvalue weighted by Crippen LogP contribution is 2.47. The van der Waals surface area contributed by atoms with Crippen molar-refractivity contribution in [2.24, 2.45) is 0 Å². The second-order valence-corrected chi connectivity index (χ2v) is 11.0. The van der Waals surface area contributed by atoms with Gasteiger partial charge in [-0.2, -0.15) is 0 Å². The first kappa shape index (κ1) is 22.1. The molecule has 0 radical (unpaired) electrons. The van der Waals surface area contributed by atoms with E-state index in [1.807, 2.05) is 30.8 Å². The summed E-state index contributed by atoms with van der Waals surface area (Å²) in [6.45, 7) is 9.37. The van der Waals surface area contributed by atoms with Crippen molar-refractivity contribution in [2.45, 2.75) is 76.9 Å². The molecular formula is C27H32ClN5O. The summed E-state index contributed by atoms with van der Waals surface area (Å²) in [6.07, 6.45) is 7.90. The quantitative estimate of drug-likeness (QED) is 0.471. The zero-order valence-electron chi connectivity index (χ0n) is 20.2. The van der Waals surface area contributed by atoms with Gasteiger partial charge in [0.25, 0.3) is 0 Å². The molecule has 2 aliphatic heterocycles. The van der Waals surface area contributed by atoms with Crippen molar-refractivity contribution >= 4 is 34.2 Å². The summed E-state index contributed by atoms with van der Waals surface area (Å²) in [7, 11) is 0. The van der Waals surface area contributed by atoms with Crippen LogP contribution in [0.5, 0.6) is 0 Å². The van der Waals surface area contributed by atoms with Gasteiger partial charge in [0, 0.05) is 29.9 Å². The van der Waals surface area contributed by atoms with Gasteiger partial charge in [-0.3, -0.25) is 4.79 Å². The lowest BCUT2D eigenvalue weighted by Crippen LogP contribution is -2.57. The molecule has 2 fully saturated rings. The number of imidazole rings is 1. The topological polar surface area (TPSA) is 54.3 Å². The molecule has 7 heteroatoms. The first-order valence-electron chi connectivity index (χ1n) is 12.6. The van der Waals surface area contributed by atoms with Crippen LogP contribution in [0.2, 0.25) is 5.15 Å². The van der Waals surface area contributed by atoms with Crippen molar-refractivity contribution in [1.82, 2.24) is 19.4 Å². The zero-order chi connectivity index (χ0) is 23.6. The SMILES string of the molecule is CCn1cnc2cc(-c3ccc4c(c3)N(C3CC(N5CCCCC5)C3)C(=O)C4(C)C)nc(Cl)c21. The van der Waals surface area contributed by atoms with Crippen molar-refractivity contribution < 1.29 is 4.79 Å². The Balaban J connectivity index is 1.34. The van der Waals surface area contributed by atoms with Crippen LogP contribution in [0, 0.1) is 0 Å². The van der Waals surface area contributed by atoms with Crippen LogP contribution in [0.1, 0.15) is 58.4 Å². The number of hydrogen-bond acceptors (Lipinski definition) is 4. The standard InChI is InChI=1S/C27H32ClN5O/c1-4-31-16-29-22-15-21(30-25(28)24(22)31)17-8-9-20-23(12-17)33(26(34)27(20,2)3)19-13-18(14-19)32-10-6-5-7-11-32/h8-9,12,15-16,18-19H,4-7,10-11,13-14H2,1-3H3. The maximum Gasteiger partial charge on any atom is 0.237 e. The number of hydrogen-bond donors (Lipinski definition) is 0. The van der Waals surface area contributed by atoms with Crippen LogP contribution in [-0.2, 0) is 16.8 Å². The number of fused-ring (bicyclic) bond motifs is 2. The normalized spacial score (nSPS) is 24.5. The fourth-order valence-corrected chi connectivity index (χ4v) is 6.39. The molecule has 3 aromatic rings. The first-order valence-corrected chi connectivity index (χ1v) is 13.0. The molecule has 2 aromatic heterocycles. The van der Waals surface area contributed by atoms with Gasteiger partial charge in [0.2, 0.25) is 5.91 Å². The highest BCUT2D eigenvalue weighted by molar-refractivity contribution is 6.33. The Morgan fingerprint density at radius 2 is 1.85 bits per heavy atom. The number of anilines is 1. The largest absolute Gasteiger partial charge is 0.328 e. The number of carbonyl (C=O) groups excluding carboxylic acids is 1. The van der Waals surface area contributed by atoms with E-state index in [-0.39, 0.29) is 11.9 Å². The van der Waals surface area contributed by atoms with Crippen LogP contribution in [0.3, 0.4) is 0 Å². The van der Waals surface area contributed by atoms with E-state index in [9.17, 15) is 4.79 Å². The number of nitrogens with zero attached hydrogens (tertiary/aromatic N) is 5. The van der Waals surface area contributed by atoms with Gasteiger partial charge in [-0.1, -0.05) is 30.2 Å². The number of piperidine rings is 1. The molecule has 1 aliphatic carbocycles. The second kappa shape index (κ2) is 8.06. The van der Waals surface area contributed by atoms with Gasteiger partial charge in [-0.05, 0) is 77.2 Å². The van der Waals surface area contributed by atoms with Gasteiger partial charge in [0.05, 0.1) is 23.0 Å². The molecule has 0 N–H and O–H groups in total. The van der Waals surface area contributed by atoms with E-state index in [4.69, 9.17) is 16.6 Å². The molecule has 6 rings (SSSR count). The third-order valence-corrected chi connectivity index (χ3v) is 8.50. The average Bonchev–Trinajstić information content (AvgIpc) is 3.31. The molecule has 4 heterocycles. The smallest absolute Gasteiger partial charge is 0.237 e. The number of rotatable bonds is 4. The van der Waals surface area contributed by atoms with Crippen LogP contribution < -0.4 is 4.90 Å². The van der Waals surface area contributed by atoms with Gasteiger partial charge in [0.15, 0.2) is 5.15 Å². The molecule has 1 saturated heterocycles. The van der Waals surface area contributed by atoms with Crippen molar-refractivity contribution in [2.75, 3.05) is 18.0 Å². The highest BCUT2D eigenvalue weighted by Gasteiger charge is 2.50. The molecule has 0 spiro atoms. The molecule has 1 aromatic carbocycles. The van der Waals surface area contributed by atoms with E-state index in [0.717, 1.165) is 52.9 Å². The van der Waals surface area contributed by atoms with Crippen LogP contribution in [-0.4, -0.2) is 50.5 Å². The summed E-state index contributed by atoms with van der Waals surface area (Å²) in [5.41, 5.74) is 5.09. The molecule has 1 saturated carbocycles. The van der Waals surface area contributed by atoms with Gasteiger partial charge in [-0.15, -0.1) is 0 Å². The fraction of sp³-hybridized carbons (Fsp3) is 0.519. The van der Waals surface area contributed by atoms with E-state index < -0.39 is 5.41 Å². The number of amides is 1. The van der Waals surface area contributed by atoms with Gasteiger partial charge in [0.1, 0.15) is 5.52 Å². The summed E-state index contributed by atoms with van der Waals surface area (Å²) in [5, 5.41) is 0.462. The monoisotopic (exact) mass is 477 g/mol. The number of aryl methyl sites for hydroxylation is 1. The second-order valence-electron chi connectivity index (χ2n) is 10.6. The summed E-state index contributed by atoms with van der Waals surface area (Å²) < 4.78 is 2.01. The summed E-state index contributed by atoms with van der Waals surface area (Å²) >= 11 is 6.58. The molecule has 3 aliphatic rings. The van der Waals surface area contributed by atoms with Gasteiger partial charge in [-0.25, -0.2) is 9.97 Å². The Labute approximate surface area is 205 Å². The molecule has 34 heavy (non-hydrogen) atoms. The van der Waals surface area contributed by atoms with E-state index in [2.05, 4.69) is 39.9 Å². The minimum atomic E-state index is -0.515. The van der Waals surface area contributed by atoms with Crippen molar-refractivity contribution in [3.05, 3.63) is 41.3 Å². The van der Waals surface area contributed by atoms with E-state index >= 15 is 0 Å². The zero-order valence-corrected chi connectivity index (χ0v) is 21.0. The lowest BCUT2D eigenvalue weighted by Gasteiger charge is -2.48. The number of halogens is 1. The van der Waals surface area contributed by atoms with Crippen molar-refractivity contribution in [1.29, 1.82) is 0 Å². The lowest BCUT2D eigenvalue weighted by atomic mass is 9.82. The van der Waals surface area contributed by atoms with Crippen LogP contribution in [0.25, 0.3) is 22.3 Å². The molecule has 0 atom stereocenters. The maximum atomic E-state index is 13.6. The van der Waals surface area contributed by atoms with E-state index in [1.165, 1.54) is 32.4 Å². The Kier molecular flexibility index (Phi) is 5.23. The molecular weight excluding hydrogens is 446 g/mol. The Morgan fingerprint density at radius 1 is 1.09 bits per heavy atom. The Morgan fingerprint density at radius 3 is 2.59 bits per heavy atom. The third-order valence-electron chi connectivity index (χ3n) is 8.23. The predicted octanol–water partition coefficient (Wildman–Crippen LogP) is 5.41. The van der Waals surface area contributed by atoms with Gasteiger partial charge < -0.3 is 14.4 Å². The minimum absolute atomic E-state index is 0.213. The first-order chi connectivity index (χ1) is 16.4. The Hall–Kier alpha value is -2.44. The number of likely N-dealkylation sites (tertiary alicyclic amines) is 1. The van der Waals surface area contributed by atoms with Crippen molar-refractivity contribution in [3.8, 4) is 11.3 Å². The van der Waals surface area contributed by atoms with E-state index in [0.29, 0.717) is 11.2 Å². The molecule has 6 nitrogen and oxygen atoms in total. The minimum Gasteiger partial charge on any atom is -0.328 e. The number of aromatic nitrogens is 3. The third kappa shape index (κ3) is 3.29. The Bertz CT molecular complexity index is 1270. The molecule has 0 unspecified atom stereocenters. The fourth-order valence-electron chi connectivity index (χ4n) is 6.09. The average molecular weight is 478 g/mol. The van der Waals surface area contributed by atoms with E-state index in [1.54, 1.807) is 0 Å². The summed E-state index contributed by atoms with van der Waals surface area (Å²) in [5.74, 6) is 0.213. The predicted molar refractivity (Wildman–Crippen MR) is 136 cm³/mol.